The third-order valence-electron chi connectivity index (χ3n) is 4.49. The van der Waals surface area contributed by atoms with E-state index in [4.69, 9.17) is 10.2 Å². The van der Waals surface area contributed by atoms with Gasteiger partial charge in [0.2, 0.25) is 0 Å². The molecule has 1 rings (SSSR count). The first kappa shape index (κ1) is 22.7. The fraction of sp³-hybridized carbons (Fsp3) is 0.905. The van der Waals surface area contributed by atoms with Gasteiger partial charge in [-0.2, -0.15) is 0 Å². The van der Waals surface area contributed by atoms with Gasteiger partial charge in [-0.25, -0.2) is 0 Å². The lowest BCUT2D eigenvalue weighted by atomic mass is 9.98. The van der Waals surface area contributed by atoms with Crippen LogP contribution in [0.1, 0.15) is 110 Å². The van der Waals surface area contributed by atoms with Crippen LogP contribution < -0.4 is 0 Å². The summed E-state index contributed by atoms with van der Waals surface area (Å²) in [5.74, 6) is 0. The maximum atomic E-state index is 8.91. The molecule has 1 aliphatic carbocycles. The molecular formula is C21H42O2. The minimum absolute atomic E-state index is 0.0359. The molecule has 0 bridgehead atoms. The first-order valence-electron chi connectivity index (χ1n) is 10.2. The van der Waals surface area contributed by atoms with Gasteiger partial charge >= 0.3 is 0 Å². The Balaban J connectivity index is 0.000000568. The molecule has 0 atom stereocenters. The van der Waals surface area contributed by atoms with Gasteiger partial charge in [0, 0.05) is 6.61 Å². The summed E-state index contributed by atoms with van der Waals surface area (Å²) in [7, 11) is 0. The van der Waals surface area contributed by atoms with Crippen molar-refractivity contribution in [2.24, 2.45) is 0 Å². The minimum Gasteiger partial charge on any atom is -0.396 e. The number of aliphatic hydroxyl groups excluding tert-OH is 2. The van der Waals surface area contributed by atoms with Gasteiger partial charge < -0.3 is 10.2 Å². The molecule has 0 amide bonds. The zero-order valence-corrected chi connectivity index (χ0v) is 15.6. The third-order valence-corrected chi connectivity index (χ3v) is 4.49. The third kappa shape index (κ3) is 19.6. The number of rotatable bonds is 12. The van der Waals surface area contributed by atoms with Gasteiger partial charge in [0.15, 0.2) is 0 Å². The summed E-state index contributed by atoms with van der Waals surface area (Å²) in [4.78, 5) is 0. The molecule has 23 heavy (non-hydrogen) atoms. The maximum Gasteiger partial charge on any atom is 0.0540 e. The van der Waals surface area contributed by atoms with Crippen molar-refractivity contribution < 1.29 is 10.2 Å². The Morgan fingerprint density at radius 2 is 1.26 bits per heavy atom. The lowest BCUT2D eigenvalue weighted by Gasteiger charge is -2.14. The molecular weight excluding hydrogens is 284 g/mol. The molecule has 0 aromatic heterocycles. The van der Waals surface area contributed by atoms with E-state index in [1.54, 1.807) is 0 Å². The molecule has 0 saturated heterocycles. The molecule has 0 heterocycles. The van der Waals surface area contributed by atoms with Crippen LogP contribution >= 0.6 is 0 Å². The molecule has 0 aliphatic heterocycles. The van der Waals surface area contributed by atoms with Crippen LogP contribution in [-0.2, 0) is 0 Å². The quantitative estimate of drug-likeness (QED) is 0.333. The van der Waals surface area contributed by atoms with Crippen LogP contribution in [-0.4, -0.2) is 22.9 Å². The lowest BCUT2D eigenvalue weighted by molar-refractivity contribution is 0.130. The Morgan fingerprint density at radius 3 is 1.74 bits per heavy atom. The fourth-order valence-electron chi connectivity index (χ4n) is 2.91. The van der Waals surface area contributed by atoms with Crippen LogP contribution in [0.5, 0.6) is 0 Å². The molecule has 138 valence electrons. The smallest absolute Gasteiger partial charge is 0.0540 e. The van der Waals surface area contributed by atoms with Crippen molar-refractivity contribution in [1.82, 2.24) is 0 Å². The van der Waals surface area contributed by atoms with Crippen LogP contribution in [0.3, 0.4) is 0 Å². The molecule has 0 radical (unpaired) electrons. The summed E-state index contributed by atoms with van der Waals surface area (Å²) < 4.78 is 0. The van der Waals surface area contributed by atoms with Gasteiger partial charge in [0.25, 0.3) is 0 Å². The van der Waals surface area contributed by atoms with E-state index in [1.807, 2.05) is 0 Å². The number of aliphatic hydroxyl groups is 2. The molecule has 0 spiro atoms. The average Bonchev–Trinajstić information content (AvgIpc) is 2.57. The minimum atomic E-state index is 0.0359. The van der Waals surface area contributed by atoms with Crippen molar-refractivity contribution in [3.05, 3.63) is 12.2 Å². The number of hydrogen-bond donors (Lipinski definition) is 2. The van der Waals surface area contributed by atoms with E-state index in [0.717, 1.165) is 25.7 Å². The van der Waals surface area contributed by atoms with Crippen molar-refractivity contribution in [3.63, 3.8) is 0 Å². The van der Waals surface area contributed by atoms with Gasteiger partial charge in [-0.15, -0.1) is 0 Å². The highest BCUT2D eigenvalue weighted by Crippen LogP contribution is 2.16. The maximum absolute atomic E-state index is 8.91. The van der Waals surface area contributed by atoms with E-state index in [0.29, 0.717) is 6.61 Å². The van der Waals surface area contributed by atoms with Crippen LogP contribution in [0.25, 0.3) is 0 Å². The molecule has 2 N–H and O–H groups in total. The summed E-state index contributed by atoms with van der Waals surface area (Å²) in [6.07, 6.45) is 24.7. The fourth-order valence-corrected chi connectivity index (χ4v) is 2.91. The van der Waals surface area contributed by atoms with Crippen LogP contribution in [0.15, 0.2) is 12.2 Å². The summed E-state index contributed by atoms with van der Waals surface area (Å²) in [5, 5.41) is 17.5. The highest BCUT2D eigenvalue weighted by atomic mass is 16.3. The normalized spacial score (nSPS) is 15.6. The van der Waals surface area contributed by atoms with Crippen LogP contribution in [0.4, 0.5) is 0 Å². The standard InChI is InChI=1S/C15H30O.C6H12O/c1-2-3-4-5-6-7-8-9-10-11-12-13-14-15-16;7-6-4-2-1-3-5-6/h9-10,16H,2-8,11-15H2,1H3;6-7H,1-5H2/b10-9+;. The number of unbranched alkanes of at least 4 members (excludes halogenated alkanes) is 9. The first-order chi connectivity index (χ1) is 11.3. The largest absolute Gasteiger partial charge is 0.396 e. The predicted molar refractivity (Wildman–Crippen MR) is 102 cm³/mol. The molecule has 0 aromatic carbocycles. The highest BCUT2D eigenvalue weighted by molar-refractivity contribution is 4.81. The Morgan fingerprint density at radius 1 is 0.739 bits per heavy atom. The summed E-state index contributed by atoms with van der Waals surface area (Å²) in [5.41, 5.74) is 0. The molecule has 1 fully saturated rings. The van der Waals surface area contributed by atoms with Crippen molar-refractivity contribution >= 4 is 0 Å². The van der Waals surface area contributed by atoms with E-state index in [9.17, 15) is 0 Å². The van der Waals surface area contributed by atoms with E-state index in [1.165, 1.54) is 77.0 Å². The Bertz CT molecular complexity index is 232. The van der Waals surface area contributed by atoms with Gasteiger partial charge in [0.05, 0.1) is 6.10 Å². The van der Waals surface area contributed by atoms with Crippen molar-refractivity contribution in [1.29, 1.82) is 0 Å². The van der Waals surface area contributed by atoms with Gasteiger partial charge in [-0.3, -0.25) is 0 Å². The molecule has 2 nitrogen and oxygen atoms in total. The molecule has 1 saturated carbocycles. The second-order valence-electron chi connectivity index (χ2n) is 6.89. The number of hydrogen-bond acceptors (Lipinski definition) is 2. The number of allylic oxidation sites excluding steroid dienone is 2. The van der Waals surface area contributed by atoms with Gasteiger partial charge in [-0.1, -0.05) is 76.9 Å². The SMILES string of the molecule is CCCCCCCC/C=C/CCCCCO.OC1CCCCC1. The molecule has 1 aliphatic rings. The first-order valence-corrected chi connectivity index (χ1v) is 10.2. The Kier molecular flexibility index (Phi) is 19.4. The van der Waals surface area contributed by atoms with E-state index < -0.39 is 0 Å². The zero-order valence-electron chi connectivity index (χ0n) is 15.6. The van der Waals surface area contributed by atoms with Crippen LogP contribution in [0.2, 0.25) is 0 Å². The van der Waals surface area contributed by atoms with E-state index in [2.05, 4.69) is 19.1 Å². The van der Waals surface area contributed by atoms with Gasteiger partial charge in [-0.05, 0) is 44.9 Å². The molecule has 0 unspecified atom stereocenters. The summed E-state index contributed by atoms with van der Waals surface area (Å²) >= 11 is 0. The van der Waals surface area contributed by atoms with Crippen molar-refractivity contribution in [2.45, 2.75) is 116 Å². The van der Waals surface area contributed by atoms with Gasteiger partial charge in [0.1, 0.15) is 0 Å². The second-order valence-corrected chi connectivity index (χ2v) is 6.89. The Labute approximate surface area is 145 Å². The lowest BCUT2D eigenvalue weighted by Crippen LogP contribution is -2.09. The molecule has 2 heteroatoms. The van der Waals surface area contributed by atoms with Crippen LogP contribution in [0, 0.1) is 0 Å². The average molecular weight is 327 g/mol. The predicted octanol–water partition coefficient (Wildman–Crippen LogP) is 6.16. The zero-order chi connectivity index (χ0) is 17.0. The topological polar surface area (TPSA) is 40.5 Å². The summed E-state index contributed by atoms with van der Waals surface area (Å²) in [6.45, 7) is 2.61. The Hall–Kier alpha value is -0.340. The molecule has 0 aromatic rings. The van der Waals surface area contributed by atoms with Crippen molar-refractivity contribution in [2.75, 3.05) is 6.61 Å². The van der Waals surface area contributed by atoms with E-state index >= 15 is 0 Å². The monoisotopic (exact) mass is 326 g/mol. The second kappa shape index (κ2) is 19.7. The van der Waals surface area contributed by atoms with Crippen molar-refractivity contribution in [3.8, 4) is 0 Å². The highest BCUT2D eigenvalue weighted by Gasteiger charge is 2.07. The summed E-state index contributed by atoms with van der Waals surface area (Å²) in [6, 6.07) is 0. The van der Waals surface area contributed by atoms with E-state index in [-0.39, 0.29) is 6.10 Å².